The van der Waals surface area contributed by atoms with Crippen LogP contribution < -0.4 is 10.2 Å². The summed E-state index contributed by atoms with van der Waals surface area (Å²) in [6, 6.07) is 27.4. The molecule has 0 saturated carbocycles. The van der Waals surface area contributed by atoms with E-state index in [0.717, 1.165) is 81.7 Å². The van der Waals surface area contributed by atoms with Crippen LogP contribution in [0, 0.1) is 0 Å². The van der Waals surface area contributed by atoms with Gasteiger partial charge >= 0.3 is 0 Å². The summed E-state index contributed by atoms with van der Waals surface area (Å²) in [5.74, 6) is 0.955. The molecule has 2 aliphatic rings. The van der Waals surface area contributed by atoms with E-state index in [4.69, 9.17) is 4.99 Å². The Kier molecular flexibility index (Phi) is 13.6. The van der Waals surface area contributed by atoms with Crippen LogP contribution in [-0.4, -0.2) is 131 Å². The SMILES string of the molecule is CN(C)CCCCCCN(C)C1=Nc2ccccc2C(CC(=O)NCN2CCN(CCN(C)C)CC2)N1c1ccc(-c2ccccc2)cc1. The number of guanidine groups is 1. The summed E-state index contributed by atoms with van der Waals surface area (Å²) in [5.41, 5.74) is 5.42. The molecule has 9 heteroatoms. The first-order chi connectivity index (χ1) is 23.8. The second-order valence-corrected chi connectivity index (χ2v) is 14.1. The Morgan fingerprint density at radius 3 is 2.02 bits per heavy atom. The number of fused-ring (bicyclic) bond motifs is 1. The van der Waals surface area contributed by atoms with Gasteiger partial charge in [0.15, 0.2) is 0 Å². The molecule has 0 aliphatic carbocycles. The number of para-hydroxylation sites is 1. The van der Waals surface area contributed by atoms with Gasteiger partial charge in [-0.05, 0) is 76.9 Å². The summed E-state index contributed by atoms with van der Waals surface area (Å²) in [4.78, 5) is 33.0. The third-order valence-corrected chi connectivity index (χ3v) is 9.69. The second-order valence-electron chi connectivity index (χ2n) is 14.1. The zero-order chi connectivity index (χ0) is 34.6. The van der Waals surface area contributed by atoms with Gasteiger partial charge < -0.3 is 24.9 Å². The number of nitrogens with zero attached hydrogens (tertiary/aromatic N) is 7. The molecule has 9 nitrogen and oxygen atoms in total. The zero-order valence-corrected chi connectivity index (χ0v) is 30.5. The van der Waals surface area contributed by atoms with Crippen LogP contribution in [0.1, 0.15) is 43.7 Å². The van der Waals surface area contributed by atoms with E-state index in [1.807, 2.05) is 12.1 Å². The maximum absolute atomic E-state index is 13.8. The predicted molar refractivity (Wildman–Crippen MR) is 204 cm³/mol. The molecule has 1 atom stereocenters. The minimum Gasteiger partial charge on any atom is -0.345 e. The molecule has 1 N–H and O–H groups in total. The first-order valence-corrected chi connectivity index (χ1v) is 18.1. The monoisotopic (exact) mass is 666 g/mol. The van der Waals surface area contributed by atoms with E-state index in [0.29, 0.717) is 13.1 Å². The molecular formula is C40H58N8O. The van der Waals surface area contributed by atoms with E-state index < -0.39 is 0 Å². The quantitative estimate of drug-likeness (QED) is 0.200. The third kappa shape index (κ3) is 10.6. The molecule has 1 amide bonds. The Morgan fingerprint density at radius 2 is 1.33 bits per heavy atom. The Balaban J connectivity index is 1.32. The zero-order valence-electron chi connectivity index (χ0n) is 30.5. The van der Waals surface area contributed by atoms with Gasteiger partial charge in [-0.3, -0.25) is 14.6 Å². The van der Waals surface area contributed by atoms with Crippen LogP contribution in [0.15, 0.2) is 83.9 Å². The van der Waals surface area contributed by atoms with E-state index in [-0.39, 0.29) is 11.9 Å². The van der Waals surface area contributed by atoms with Crippen LogP contribution in [-0.2, 0) is 4.79 Å². The second kappa shape index (κ2) is 18.3. The first-order valence-electron chi connectivity index (χ1n) is 18.1. The number of hydrogen-bond acceptors (Lipinski definition) is 8. The van der Waals surface area contributed by atoms with Gasteiger partial charge in [0.1, 0.15) is 0 Å². The summed E-state index contributed by atoms with van der Waals surface area (Å²) >= 11 is 0. The average molecular weight is 667 g/mol. The number of anilines is 1. The number of aliphatic imine (C=N–C) groups is 1. The molecule has 1 unspecified atom stereocenters. The van der Waals surface area contributed by atoms with Crippen molar-refractivity contribution >= 4 is 23.2 Å². The minimum atomic E-state index is -0.184. The number of amides is 1. The molecule has 264 valence electrons. The molecule has 3 aromatic rings. The third-order valence-electron chi connectivity index (χ3n) is 9.69. The van der Waals surface area contributed by atoms with Crippen LogP contribution >= 0.6 is 0 Å². The summed E-state index contributed by atoms with van der Waals surface area (Å²) in [6.45, 7) is 8.78. The van der Waals surface area contributed by atoms with Crippen LogP contribution in [0.4, 0.5) is 11.4 Å². The van der Waals surface area contributed by atoms with Crippen molar-refractivity contribution in [1.29, 1.82) is 0 Å². The lowest BCUT2D eigenvalue weighted by Gasteiger charge is -2.41. The molecule has 1 saturated heterocycles. The highest BCUT2D eigenvalue weighted by Gasteiger charge is 2.34. The van der Waals surface area contributed by atoms with Gasteiger partial charge in [0.25, 0.3) is 0 Å². The summed E-state index contributed by atoms with van der Waals surface area (Å²) < 4.78 is 0. The number of likely N-dealkylation sites (N-methyl/N-ethyl adjacent to an activating group) is 1. The van der Waals surface area contributed by atoms with Crippen LogP contribution in [0.25, 0.3) is 11.1 Å². The first kappa shape index (κ1) is 36.5. The van der Waals surface area contributed by atoms with Crippen molar-refractivity contribution < 1.29 is 4.79 Å². The number of benzene rings is 3. The fourth-order valence-corrected chi connectivity index (χ4v) is 6.71. The molecule has 5 rings (SSSR count). The predicted octanol–water partition coefficient (Wildman–Crippen LogP) is 5.60. The van der Waals surface area contributed by atoms with Crippen molar-refractivity contribution in [3.63, 3.8) is 0 Å². The number of carbonyl (C=O) groups excluding carboxylic acids is 1. The Labute approximate surface area is 295 Å². The summed E-state index contributed by atoms with van der Waals surface area (Å²) in [6.07, 6.45) is 5.06. The lowest BCUT2D eigenvalue weighted by Crippen LogP contribution is -2.51. The molecular weight excluding hydrogens is 608 g/mol. The van der Waals surface area contributed by atoms with Gasteiger partial charge in [-0.15, -0.1) is 0 Å². The summed E-state index contributed by atoms with van der Waals surface area (Å²) in [7, 11) is 10.7. The maximum Gasteiger partial charge on any atom is 0.223 e. The van der Waals surface area contributed by atoms with E-state index in [2.05, 4.69) is 137 Å². The molecule has 2 aliphatic heterocycles. The Bertz CT molecular complexity index is 1470. The highest BCUT2D eigenvalue weighted by molar-refractivity contribution is 6.01. The highest BCUT2D eigenvalue weighted by atomic mass is 16.1. The molecule has 0 bridgehead atoms. The average Bonchev–Trinajstić information content (AvgIpc) is 3.11. The normalized spacial score (nSPS) is 16.9. The van der Waals surface area contributed by atoms with Gasteiger partial charge in [-0.2, -0.15) is 0 Å². The van der Waals surface area contributed by atoms with Crippen molar-refractivity contribution in [2.24, 2.45) is 4.99 Å². The van der Waals surface area contributed by atoms with Crippen molar-refractivity contribution in [3.8, 4) is 11.1 Å². The van der Waals surface area contributed by atoms with Crippen molar-refractivity contribution in [2.75, 3.05) is 99.2 Å². The Hall–Kier alpha value is -3.76. The number of nitrogens with one attached hydrogen (secondary N) is 1. The van der Waals surface area contributed by atoms with Crippen LogP contribution in [0.2, 0.25) is 0 Å². The molecule has 0 radical (unpaired) electrons. The molecule has 2 heterocycles. The fourth-order valence-electron chi connectivity index (χ4n) is 6.71. The fraction of sp³-hybridized carbons (Fsp3) is 0.500. The van der Waals surface area contributed by atoms with Crippen LogP contribution in [0.5, 0.6) is 0 Å². The number of unbranched alkanes of at least 4 members (excludes halogenated alkanes) is 3. The maximum atomic E-state index is 13.8. The smallest absolute Gasteiger partial charge is 0.223 e. The summed E-state index contributed by atoms with van der Waals surface area (Å²) in [5, 5.41) is 3.28. The van der Waals surface area contributed by atoms with Gasteiger partial charge in [-0.25, -0.2) is 4.99 Å². The van der Waals surface area contributed by atoms with E-state index in [1.165, 1.54) is 30.4 Å². The highest BCUT2D eigenvalue weighted by Crippen LogP contribution is 2.40. The molecule has 3 aromatic carbocycles. The van der Waals surface area contributed by atoms with Gasteiger partial charge in [-0.1, -0.05) is 73.5 Å². The number of hydrogen-bond donors (Lipinski definition) is 1. The topological polar surface area (TPSA) is 60.9 Å². The van der Waals surface area contributed by atoms with E-state index in [9.17, 15) is 4.79 Å². The molecule has 0 aromatic heterocycles. The molecule has 1 fully saturated rings. The van der Waals surface area contributed by atoms with Crippen molar-refractivity contribution in [2.45, 2.75) is 38.1 Å². The molecule has 0 spiro atoms. The van der Waals surface area contributed by atoms with Gasteiger partial charge in [0.2, 0.25) is 11.9 Å². The Morgan fingerprint density at radius 1 is 0.714 bits per heavy atom. The molecule has 49 heavy (non-hydrogen) atoms. The van der Waals surface area contributed by atoms with E-state index >= 15 is 0 Å². The van der Waals surface area contributed by atoms with Crippen molar-refractivity contribution in [3.05, 3.63) is 84.4 Å². The number of carbonyl (C=O) groups is 1. The van der Waals surface area contributed by atoms with E-state index in [1.54, 1.807) is 0 Å². The lowest BCUT2D eigenvalue weighted by atomic mass is 9.96. The lowest BCUT2D eigenvalue weighted by molar-refractivity contribution is -0.122. The van der Waals surface area contributed by atoms with Crippen molar-refractivity contribution in [1.82, 2.24) is 29.8 Å². The number of rotatable bonds is 16. The number of piperazine rings is 1. The minimum absolute atomic E-state index is 0.0607. The standard InChI is InChI=1S/C40H58N8O/c1-43(2)23-13-6-7-14-24-45(5)40-42-37-18-12-11-17-36(37)38(48(40)35-21-19-34(20-22-35)33-15-9-8-10-16-33)31-39(49)41-32-47-29-27-46(28-30-47)26-25-44(3)4/h8-12,15-22,38H,6-7,13-14,23-32H2,1-5H3,(H,41,49). The van der Waals surface area contributed by atoms with Gasteiger partial charge in [0.05, 0.1) is 24.8 Å². The van der Waals surface area contributed by atoms with Gasteiger partial charge in [0, 0.05) is 64.1 Å². The largest absolute Gasteiger partial charge is 0.345 e. The van der Waals surface area contributed by atoms with Crippen LogP contribution in [0.3, 0.4) is 0 Å².